The molecule has 2 rings (SSSR count). The average Bonchev–Trinajstić information content (AvgIpc) is 2.45. The van der Waals surface area contributed by atoms with E-state index in [-0.39, 0.29) is 5.91 Å². The van der Waals surface area contributed by atoms with Crippen molar-refractivity contribution in [3.05, 3.63) is 46.4 Å². The minimum absolute atomic E-state index is 0.360. The van der Waals surface area contributed by atoms with Crippen molar-refractivity contribution in [1.82, 2.24) is 5.32 Å². The molecule has 21 heavy (non-hydrogen) atoms. The molecule has 0 radical (unpaired) electrons. The lowest BCUT2D eigenvalue weighted by atomic mass is 10.1. The third-order valence-corrected chi connectivity index (χ3v) is 3.74. The fourth-order valence-electron chi connectivity index (χ4n) is 2.15. The van der Waals surface area contributed by atoms with Gasteiger partial charge in [0.15, 0.2) is 0 Å². The van der Waals surface area contributed by atoms with Crippen molar-refractivity contribution in [3.63, 3.8) is 0 Å². The Labute approximate surface area is 131 Å². The summed E-state index contributed by atoms with van der Waals surface area (Å²) in [4.78, 5) is 23.2. The maximum absolute atomic E-state index is 12.2. The van der Waals surface area contributed by atoms with Crippen LogP contribution >= 0.6 is 15.9 Å². The van der Waals surface area contributed by atoms with Crippen LogP contribution in [0.4, 0.5) is 0 Å². The molecule has 2 aromatic carbocycles. The van der Waals surface area contributed by atoms with Crippen LogP contribution in [-0.4, -0.2) is 23.0 Å². The lowest BCUT2D eigenvalue weighted by molar-refractivity contribution is -0.139. The summed E-state index contributed by atoms with van der Waals surface area (Å²) >= 11 is 3.40. The molecule has 0 aliphatic carbocycles. The van der Waals surface area contributed by atoms with Crippen molar-refractivity contribution < 1.29 is 14.7 Å². The third-order valence-electron chi connectivity index (χ3n) is 3.25. The van der Waals surface area contributed by atoms with Gasteiger partial charge in [0.05, 0.1) is 0 Å². The molecule has 0 aromatic heterocycles. The molecule has 0 saturated heterocycles. The van der Waals surface area contributed by atoms with Crippen molar-refractivity contribution in [2.45, 2.75) is 25.8 Å². The third kappa shape index (κ3) is 3.82. The van der Waals surface area contributed by atoms with Gasteiger partial charge in [-0.2, -0.15) is 0 Å². The number of hydrogen-bond donors (Lipinski definition) is 2. The van der Waals surface area contributed by atoms with Crippen molar-refractivity contribution in [1.29, 1.82) is 0 Å². The zero-order valence-electron chi connectivity index (χ0n) is 11.6. The van der Waals surface area contributed by atoms with Gasteiger partial charge in [0.2, 0.25) is 0 Å². The van der Waals surface area contributed by atoms with E-state index in [0.717, 1.165) is 15.2 Å². The van der Waals surface area contributed by atoms with Crippen LogP contribution in [0.5, 0.6) is 0 Å². The van der Waals surface area contributed by atoms with Crippen LogP contribution in [0.25, 0.3) is 10.8 Å². The molecule has 0 heterocycles. The van der Waals surface area contributed by atoms with E-state index in [2.05, 4.69) is 21.2 Å². The number of halogens is 1. The Morgan fingerprint density at radius 2 is 1.86 bits per heavy atom. The van der Waals surface area contributed by atoms with E-state index in [1.165, 1.54) is 0 Å². The number of benzene rings is 2. The van der Waals surface area contributed by atoms with Crippen LogP contribution in [0, 0.1) is 0 Å². The second-order valence-corrected chi connectivity index (χ2v) is 5.77. The first-order chi connectivity index (χ1) is 10.0. The second kappa shape index (κ2) is 6.72. The minimum Gasteiger partial charge on any atom is -0.480 e. The maximum Gasteiger partial charge on any atom is 0.326 e. The van der Waals surface area contributed by atoms with Crippen LogP contribution in [-0.2, 0) is 4.79 Å². The Morgan fingerprint density at radius 1 is 1.19 bits per heavy atom. The van der Waals surface area contributed by atoms with Gasteiger partial charge in [0.1, 0.15) is 6.04 Å². The van der Waals surface area contributed by atoms with Gasteiger partial charge < -0.3 is 10.4 Å². The summed E-state index contributed by atoms with van der Waals surface area (Å²) in [6.07, 6.45) is 1.12. The molecule has 0 bridgehead atoms. The quantitative estimate of drug-likeness (QED) is 0.866. The molecule has 1 atom stereocenters. The second-order valence-electron chi connectivity index (χ2n) is 4.86. The standard InChI is InChI=1S/C16H16BrNO3/c1-2-3-14(16(20)21)18-15(19)12-5-4-11-9-13(17)7-6-10(11)8-12/h4-9,14H,2-3H2,1H3,(H,18,19)(H,20,21)/t14-/m0/s1. The summed E-state index contributed by atoms with van der Waals surface area (Å²) in [7, 11) is 0. The highest BCUT2D eigenvalue weighted by Crippen LogP contribution is 2.21. The highest BCUT2D eigenvalue weighted by atomic mass is 79.9. The fraction of sp³-hybridized carbons (Fsp3) is 0.250. The largest absolute Gasteiger partial charge is 0.480 e. The normalized spacial score (nSPS) is 12.1. The maximum atomic E-state index is 12.2. The highest BCUT2D eigenvalue weighted by Gasteiger charge is 2.19. The van der Waals surface area contributed by atoms with E-state index in [0.29, 0.717) is 18.4 Å². The first kappa shape index (κ1) is 15.5. The molecule has 0 aliphatic rings. The lowest BCUT2D eigenvalue weighted by Gasteiger charge is -2.13. The fourth-order valence-corrected chi connectivity index (χ4v) is 2.52. The first-order valence-corrected chi connectivity index (χ1v) is 7.53. The van der Waals surface area contributed by atoms with Gasteiger partial charge in [-0.1, -0.05) is 41.4 Å². The summed E-state index contributed by atoms with van der Waals surface area (Å²) in [5.74, 6) is -1.37. The molecule has 110 valence electrons. The van der Waals surface area contributed by atoms with Crippen molar-refractivity contribution >= 4 is 38.6 Å². The monoisotopic (exact) mass is 349 g/mol. The SMILES string of the molecule is CCC[C@H](NC(=O)c1ccc2cc(Br)ccc2c1)C(=O)O. The van der Waals surface area contributed by atoms with Crippen LogP contribution in [0.3, 0.4) is 0 Å². The molecular formula is C16H16BrNO3. The highest BCUT2D eigenvalue weighted by molar-refractivity contribution is 9.10. The van der Waals surface area contributed by atoms with Crippen LogP contribution < -0.4 is 5.32 Å². The van der Waals surface area contributed by atoms with E-state index in [1.807, 2.05) is 31.2 Å². The Morgan fingerprint density at radius 3 is 2.52 bits per heavy atom. The molecular weight excluding hydrogens is 334 g/mol. The van der Waals surface area contributed by atoms with Crippen molar-refractivity contribution in [3.8, 4) is 0 Å². The summed E-state index contributed by atoms with van der Waals surface area (Å²) in [6.45, 7) is 1.88. The van der Waals surface area contributed by atoms with Crippen molar-refractivity contribution in [2.24, 2.45) is 0 Å². The number of rotatable bonds is 5. The van der Waals surface area contributed by atoms with E-state index in [4.69, 9.17) is 5.11 Å². The zero-order valence-corrected chi connectivity index (χ0v) is 13.2. The number of carbonyl (C=O) groups excluding carboxylic acids is 1. The Bertz CT molecular complexity index is 684. The molecule has 0 fully saturated rings. The summed E-state index contributed by atoms with van der Waals surface area (Å²) < 4.78 is 0.973. The number of amides is 1. The Kier molecular flexibility index (Phi) is 4.96. The zero-order chi connectivity index (χ0) is 15.4. The Balaban J connectivity index is 2.22. The number of nitrogens with one attached hydrogen (secondary N) is 1. The molecule has 1 amide bonds. The van der Waals surface area contributed by atoms with Gasteiger partial charge in [-0.15, -0.1) is 0 Å². The smallest absolute Gasteiger partial charge is 0.326 e. The molecule has 0 unspecified atom stereocenters. The molecule has 0 aliphatic heterocycles. The van der Waals surface area contributed by atoms with Crippen LogP contribution in [0.15, 0.2) is 40.9 Å². The molecule has 2 N–H and O–H groups in total. The van der Waals surface area contributed by atoms with Crippen molar-refractivity contribution in [2.75, 3.05) is 0 Å². The molecule has 0 spiro atoms. The van der Waals surface area contributed by atoms with Gasteiger partial charge in [-0.3, -0.25) is 4.79 Å². The number of carbonyl (C=O) groups is 2. The van der Waals surface area contributed by atoms with Gasteiger partial charge in [-0.05, 0) is 41.5 Å². The van der Waals surface area contributed by atoms with Gasteiger partial charge in [-0.25, -0.2) is 4.79 Å². The van der Waals surface area contributed by atoms with E-state index in [9.17, 15) is 9.59 Å². The van der Waals surface area contributed by atoms with Gasteiger partial charge in [0.25, 0.3) is 5.91 Å². The predicted octanol–water partition coefficient (Wildman–Crippen LogP) is 3.59. The lowest BCUT2D eigenvalue weighted by Crippen LogP contribution is -2.40. The Hall–Kier alpha value is -1.88. The molecule has 0 saturated carbocycles. The summed E-state index contributed by atoms with van der Waals surface area (Å²) in [6, 6.07) is 10.3. The number of hydrogen-bond acceptors (Lipinski definition) is 2. The number of aliphatic carboxylic acids is 1. The topological polar surface area (TPSA) is 66.4 Å². The summed E-state index contributed by atoms with van der Waals surface area (Å²) in [5, 5.41) is 13.6. The van der Waals surface area contributed by atoms with Gasteiger partial charge in [0, 0.05) is 10.0 Å². The average molecular weight is 350 g/mol. The number of carboxylic acid groups (broad SMARTS) is 1. The molecule has 4 nitrogen and oxygen atoms in total. The van der Waals surface area contributed by atoms with E-state index < -0.39 is 12.0 Å². The molecule has 2 aromatic rings. The minimum atomic E-state index is -1.00. The summed E-state index contributed by atoms with van der Waals surface area (Å²) in [5.41, 5.74) is 0.465. The van der Waals surface area contributed by atoms with Crippen LogP contribution in [0.2, 0.25) is 0 Å². The number of carboxylic acids is 1. The number of fused-ring (bicyclic) bond motifs is 1. The predicted molar refractivity (Wildman–Crippen MR) is 85.4 cm³/mol. The first-order valence-electron chi connectivity index (χ1n) is 6.74. The van der Waals surface area contributed by atoms with Gasteiger partial charge >= 0.3 is 5.97 Å². The van der Waals surface area contributed by atoms with Crippen LogP contribution in [0.1, 0.15) is 30.1 Å². The van der Waals surface area contributed by atoms with E-state index >= 15 is 0 Å². The molecule has 5 heteroatoms. The van der Waals surface area contributed by atoms with E-state index in [1.54, 1.807) is 12.1 Å².